The summed E-state index contributed by atoms with van der Waals surface area (Å²) in [6.07, 6.45) is 1.50. The van der Waals surface area contributed by atoms with Crippen molar-refractivity contribution >= 4 is 27.8 Å². The van der Waals surface area contributed by atoms with Gasteiger partial charge in [0.1, 0.15) is 6.61 Å². The highest BCUT2D eigenvalue weighted by Gasteiger charge is 2.14. The zero-order chi connectivity index (χ0) is 16.8. The van der Waals surface area contributed by atoms with E-state index in [-0.39, 0.29) is 25.7 Å². The van der Waals surface area contributed by atoms with Crippen molar-refractivity contribution in [3.05, 3.63) is 46.2 Å². The molecular weight excluding hydrogens is 366 g/mol. The van der Waals surface area contributed by atoms with E-state index in [1.54, 1.807) is 4.68 Å². The van der Waals surface area contributed by atoms with Crippen molar-refractivity contribution in [3.8, 4) is 5.69 Å². The third-order valence-electron chi connectivity index (χ3n) is 3.08. The molecule has 2 N–H and O–H groups in total. The molecule has 0 bridgehead atoms. The Hall–Kier alpha value is -2.19. The number of carboxylic acids is 1. The van der Waals surface area contributed by atoms with Crippen LogP contribution in [0.5, 0.6) is 0 Å². The Morgan fingerprint density at radius 3 is 2.70 bits per heavy atom. The number of aromatic nitrogens is 2. The van der Waals surface area contributed by atoms with Crippen LogP contribution in [0.25, 0.3) is 5.69 Å². The van der Waals surface area contributed by atoms with Gasteiger partial charge in [0.15, 0.2) is 0 Å². The zero-order valence-corrected chi connectivity index (χ0v) is 14.0. The minimum Gasteiger partial charge on any atom is -0.480 e. The number of aliphatic carboxylic acids is 1. The first-order chi connectivity index (χ1) is 11.0. The molecule has 0 aliphatic heterocycles. The van der Waals surface area contributed by atoms with Crippen molar-refractivity contribution < 1.29 is 19.4 Å². The molecule has 0 aliphatic carbocycles. The second-order valence-electron chi connectivity index (χ2n) is 4.73. The van der Waals surface area contributed by atoms with Crippen molar-refractivity contribution in [3.63, 3.8) is 0 Å². The van der Waals surface area contributed by atoms with Gasteiger partial charge in [-0.05, 0) is 31.2 Å². The Kier molecular flexibility index (Phi) is 5.89. The highest BCUT2D eigenvalue weighted by atomic mass is 79.9. The van der Waals surface area contributed by atoms with Crippen LogP contribution in [0.4, 0.5) is 0 Å². The monoisotopic (exact) mass is 381 g/mol. The minimum absolute atomic E-state index is 0.137. The number of benzene rings is 1. The number of amides is 1. The molecule has 0 unspecified atom stereocenters. The Labute approximate surface area is 141 Å². The van der Waals surface area contributed by atoms with Gasteiger partial charge in [-0.25, -0.2) is 9.48 Å². The predicted molar refractivity (Wildman–Crippen MR) is 86.8 cm³/mol. The molecule has 2 aromatic rings. The molecule has 122 valence electrons. The summed E-state index contributed by atoms with van der Waals surface area (Å²) in [4.78, 5) is 22.4. The molecule has 1 aromatic heterocycles. The normalized spacial score (nSPS) is 10.5. The summed E-state index contributed by atoms with van der Waals surface area (Å²) in [5.41, 5.74) is 2.04. The molecule has 0 radical (unpaired) electrons. The average molecular weight is 382 g/mol. The number of carbonyl (C=O) groups is 2. The van der Waals surface area contributed by atoms with Crippen LogP contribution in [0.1, 0.15) is 16.1 Å². The molecule has 0 saturated carbocycles. The molecule has 1 heterocycles. The first kappa shape index (κ1) is 17.2. The lowest BCUT2D eigenvalue weighted by atomic mass is 10.2. The van der Waals surface area contributed by atoms with Gasteiger partial charge >= 0.3 is 5.97 Å². The molecule has 0 fully saturated rings. The van der Waals surface area contributed by atoms with Gasteiger partial charge in [0.05, 0.1) is 29.7 Å². The van der Waals surface area contributed by atoms with Crippen molar-refractivity contribution in [1.29, 1.82) is 0 Å². The zero-order valence-electron chi connectivity index (χ0n) is 12.5. The van der Waals surface area contributed by atoms with Crippen LogP contribution in [-0.2, 0) is 9.53 Å². The van der Waals surface area contributed by atoms with E-state index in [9.17, 15) is 9.59 Å². The van der Waals surface area contributed by atoms with Crippen molar-refractivity contribution in [2.24, 2.45) is 0 Å². The lowest BCUT2D eigenvalue weighted by Gasteiger charge is -2.07. The Bertz CT molecular complexity index is 697. The number of hydrogen-bond acceptors (Lipinski definition) is 4. The van der Waals surface area contributed by atoms with Crippen LogP contribution in [0, 0.1) is 6.92 Å². The molecule has 0 spiro atoms. The van der Waals surface area contributed by atoms with Gasteiger partial charge in [0, 0.05) is 11.0 Å². The van der Waals surface area contributed by atoms with E-state index in [4.69, 9.17) is 9.84 Å². The van der Waals surface area contributed by atoms with Gasteiger partial charge in [-0.15, -0.1) is 0 Å². The van der Waals surface area contributed by atoms with E-state index in [0.717, 1.165) is 15.9 Å². The fourth-order valence-corrected chi connectivity index (χ4v) is 2.23. The summed E-state index contributed by atoms with van der Waals surface area (Å²) in [5.74, 6) is -1.31. The van der Waals surface area contributed by atoms with E-state index in [1.807, 2.05) is 31.2 Å². The fraction of sp³-hybridized carbons (Fsp3) is 0.267. The Morgan fingerprint density at radius 1 is 1.35 bits per heavy atom. The van der Waals surface area contributed by atoms with Crippen LogP contribution < -0.4 is 5.32 Å². The van der Waals surface area contributed by atoms with Crippen LogP contribution in [0.3, 0.4) is 0 Å². The van der Waals surface area contributed by atoms with Crippen LogP contribution in [-0.4, -0.2) is 46.5 Å². The Morgan fingerprint density at radius 2 is 2.04 bits per heavy atom. The lowest BCUT2D eigenvalue weighted by molar-refractivity contribution is -0.142. The topological polar surface area (TPSA) is 93.4 Å². The molecule has 2 rings (SSSR count). The number of hydrogen-bond donors (Lipinski definition) is 2. The van der Waals surface area contributed by atoms with E-state index in [1.165, 1.54) is 6.20 Å². The summed E-state index contributed by atoms with van der Waals surface area (Å²) < 4.78 is 7.50. The SMILES string of the molecule is Cc1c(C(=O)NCCOCC(=O)O)cnn1-c1ccc(Br)cc1. The molecule has 0 saturated heterocycles. The van der Waals surface area contributed by atoms with Gasteiger partial charge in [-0.3, -0.25) is 4.79 Å². The number of carboxylic acid groups (broad SMARTS) is 1. The maximum absolute atomic E-state index is 12.1. The van der Waals surface area contributed by atoms with Gasteiger partial charge < -0.3 is 15.2 Å². The average Bonchev–Trinajstić information content (AvgIpc) is 2.89. The third kappa shape index (κ3) is 4.64. The highest BCUT2D eigenvalue weighted by Crippen LogP contribution is 2.17. The number of rotatable bonds is 7. The standard InChI is InChI=1S/C15H16BrN3O4/c1-10-13(15(22)17-6-7-23-9-14(20)21)8-18-19(10)12-4-2-11(16)3-5-12/h2-5,8H,6-7,9H2,1H3,(H,17,22)(H,20,21). The minimum atomic E-state index is -1.04. The van der Waals surface area contributed by atoms with Crippen LogP contribution in [0.2, 0.25) is 0 Å². The molecule has 8 heteroatoms. The first-order valence-corrected chi connectivity index (χ1v) is 7.66. The van der Waals surface area contributed by atoms with E-state index < -0.39 is 5.97 Å². The maximum atomic E-state index is 12.1. The van der Waals surface area contributed by atoms with E-state index in [0.29, 0.717) is 5.56 Å². The predicted octanol–water partition coefficient (Wildman–Crippen LogP) is 1.77. The summed E-state index contributed by atoms with van der Waals surface area (Å²) in [6.45, 7) is 1.80. The van der Waals surface area contributed by atoms with Crippen molar-refractivity contribution in [2.75, 3.05) is 19.8 Å². The number of ether oxygens (including phenoxy) is 1. The fourth-order valence-electron chi connectivity index (χ4n) is 1.97. The lowest BCUT2D eigenvalue weighted by Crippen LogP contribution is -2.28. The molecule has 23 heavy (non-hydrogen) atoms. The van der Waals surface area contributed by atoms with Gasteiger partial charge in [-0.2, -0.15) is 5.10 Å². The third-order valence-corrected chi connectivity index (χ3v) is 3.61. The van der Waals surface area contributed by atoms with Gasteiger partial charge in [0.25, 0.3) is 5.91 Å². The summed E-state index contributed by atoms with van der Waals surface area (Å²) in [6, 6.07) is 7.59. The molecular formula is C15H16BrN3O4. The summed E-state index contributed by atoms with van der Waals surface area (Å²) in [7, 11) is 0. The van der Waals surface area contributed by atoms with E-state index in [2.05, 4.69) is 26.3 Å². The number of halogens is 1. The summed E-state index contributed by atoms with van der Waals surface area (Å²) in [5, 5.41) is 15.3. The number of nitrogens with one attached hydrogen (secondary N) is 1. The van der Waals surface area contributed by atoms with Gasteiger partial charge in [0.2, 0.25) is 0 Å². The molecule has 1 amide bonds. The molecule has 7 nitrogen and oxygen atoms in total. The number of carbonyl (C=O) groups excluding carboxylic acids is 1. The van der Waals surface area contributed by atoms with Gasteiger partial charge in [-0.1, -0.05) is 15.9 Å². The number of nitrogens with zero attached hydrogens (tertiary/aromatic N) is 2. The van der Waals surface area contributed by atoms with E-state index >= 15 is 0 Å². The molecule has 0 aliphatic rings. The largest absolute Gasteiger partial charge is 0.480 e. The summed E-state index contributed by atoms with van der Waals surface area (Å²) >= 11 is 3.37. The second-order valence-corrected chi connectivity index (χ2v) is 5.65. The first-order valence-electron chi connectivity index (χ1n) is 6.87. The van der Waals surface area contributed by atoms with Crippen molar-refractivity contribution in [1.82, 2.24) is 15.1 Å². The van der Waals surface area contributed by atoms with Crippen LogP contribution >= 0.6 is 15.9 Å². The van der Waals surface area contributed by atoms with Crippen molar-refractivity contribution in [2.45, 2.75) is 6.92 Å². The molecule has 1 aromatic carbocycles. The molecule has 0 atom stereocenters. The quantitative estimate of drug-likeness (QED) is 0.712. The maximum Gasteiger partial charge on any atom is 0.329 e. The van der Waals surface area contributed by atoms with Crippen LogP contribution in [0.15, 0.2) is 34.9 Å². The highest BCUT2D eigenvalue weighted by molar-refractivity contribution is 9.10. The smallest absolute Gasteiger partial charge is 0.329 e. The Balaban J connectivity index is 1.97. The second kappa shape index (κ2) is 7.89.